The number of nitrogens with zero attached hydrogens (tertiary/aromatic N) is 1. The summed E-state index contributed by atoms with van der Waals surface area (Å²) in [6.07, 6.45) is 3.60. The third-order valence-electron chi connectivity index (χ3n) is 5.45. The van der Waals surface area contributed by atoms with Crippen LogP contribution in [0.3, 0.4) is 0 Å². The lowest BCUT2D eigenvalue weighted by Gasteiger charge is -2.37. The average molecular weight is 299 g/mol. The first kappa shape index (κ1) is 13.9. The number of hydrogen-bond donors (Lipinski definition) is 0. The summed E-state index contributed by atoms with van der Waals surface area (Å²) in [5, 5.41) is 9.99. The second kappa shape index (κ2) is 4.63. The highest BCUT2D eigenvalue weighted by atomic mass is 16.6. The van der Waals surface area contributed by atoms with Crippen molar-refractivity contribution in [1.82, 2.24) is 0 Å². The third-order valence-corrected chi connectivity index (χ3v) is 5.45. The highest BCUT2D eigenvalue weighted by molar-refractivity contribution is 5.60. The summed E-state index contributed by atoms with van der Waals surface area (Å²) in [5.74, 6) is 1.63. The summed E-state index contributed by atoms with van der Waals surface area (Å²) in [6.45, 7) is 6.11. The predicted octanol–water partition coefficient (Wildman–Crippen LogP) is 3.18. The van der Waals surface area contributed by atoms with E-state index in [1.165, 1.54) is 0 Å². The van der Waals surface area contributed by atoms with E-state index in [1.54, 1.807) is 0 Å². The van der Waals surface area contributed by atoms with Crippen LogP contribution in [-0.2, 0) is 10.2 Å². The summed E-state index contributed by atoms with van der Waals surface area (Å²) in [6, 6.07) is 4.74. The molecule has 1 saturated heterocycles. The Morgan fingerprint density at radius 1 is 1.00 bits per heavy atom. The molecule has 2 fully saturated rings. The van der Waals surface area contributed by atoms with Crippen LogP contribution in [0.25, 0.3) is 0 Å². The summed E-state index contributed by atoms with van der Waals surface area (Å²) in [7, 11) is 0. The van der Waals surface area contributed by atoms with Crippen LogP contribution in [-0.4, -0.2) is 25.4 Å². The Morgan fingerprint density at radius 2 is 1.64 bits per heavy atom. The molecule has 0 N–H and O–H groups in total. The number of benzene rings is 1. The molecular formula is C18H21NO3. The number of fused-ring (bicyclic) bond motifs is 1. The molecule has 1 aromatic carbocycles. The fraction of sp³-hybridized carbons (Fsp3) is 0.611. The summed E-state index contributed by atoms with van der Waals surface area (Å²) in [4.78, 5) is 0. The van der Waals surface area contributed by atoms with E-state index in [-0.39, 0.29) is 5.60 Å². The number of hydrogen-bond acceptors (Lipinski definition) is 4. The van der Waals surface area contributed by atoms with Crippen LogP contribution in [0, 0.1) is 25.2 Å². The van der Waals surface area contributed by atoms with Crippen LogP contribution in [0.1, 0.15) is 42.4 Å². The van der Waals surface area contributed by atoms with Gasteiger partial charge in [-0.3, -0.25) is 0 Å². The van der Waals surface area contributed by atoms with Crippen LogP contribution in [0.5, 0.6) is 11.5 Å². The van der Waals surface area contributed by atoms with E-state index in [4.69, 9.17) is 14.2 Å². The molecule has 4 heteroatoms. The van der Waals surface area contributed by atoms with Gasteiger partial charge in [-0.25, -0.2) is 0 Å². The molecule has 4 nitrogen and oxygen atoms in total. The fourth-order valence-electron chi connectivity index (χ4n) is 4.07. The van der Waals surface area contributed by atoms with Crippen molar-refractivity contribution in [3.05, 3.63) is 22.8 Å². The molecule has 0 atom stereocenters. The van der Waals surface area contributed by atoms with Crippen molar-refractivity contribution >= 4 is 0 Å². The van der Waals surface area contributed by atoms with E-state index in [0.29, 0.717) is 13.2 Å². The van der Waals surface area contributed by atoms with Crippen LogP contribution in [0.15, 0.2) is 6.07 Å². The van der Waals surface area contributed by atoms with Crippen LogP contribution in [0.2, 0.25) is 0 Å². The van der Waals surface area contributed by atoms with Crippen molar-refractivity contribution in [1.29, 1.82) is 5.26 Å². The van der Waals surface area contributed by atoms with Gasteiger partial charge in [0.2, 0.25) is 0 Å². The van der Waals surface area contributed by atoms with E-state index >= 15 is 0 Å². The van der Waals surface area contributed by atoms with Gasteiger partial charge >= 0.3 is 0 Å². The Bertz CT molecular complexity index is 660. The fourth-order valence-corrected chi connectivity index (χ4v) is 4.07. The zero-order valence-corrected chi connectivity index (χ0v) is 13.2. The molecule has 1 saturated carbocycles. The van der Waals surface area contributed by atoms with E-state index in [0.717, 1.165) is 60.5 Å². The van der Waals surface area contributed by atoms with Crippen molar-refractivity contribution in [2.75, 3.05) is 19.8 Å². The number of epoxide rings is 1. The van der Waals surface area contributed by atoms with Gasteiger partial charge in [-0.2, -0.15) is 5.26 Å². The predicted molar refractivity (Wildman–Crippen MR) is 81.3 cm³/mol. The molecule has 0 unspecified atom stereocenters. The van der Waals surface area contributed by atoms with Crippen molar-refractivity contribution in [3.63, 3.8) is 0 Å². The molecule has 0 amide bonds. The summed E-state index contributed by atoms with van der Waals surface area (Å²) in [5.41, 5.74) is 2.87. The molecule has 22 heavy (non-hydrogen) atoms. The smallest absolute Gasteiger partial charge is 0.166 e. The SMILES string of the molecule is Cc1cc(C)c(C2(C#N)CCC3(CC2)CO3)c2c1OCCO2. The molecule has 2 aliphatic heterocycles. The van der Waals surface area contributed by atoms with Crippen molar-refractivity contribution in [3.8, 4) is 17.6 Å². The molecule has 2 heterocycles. The van der Waals surface area contributed by atoms with Crippen molar-refractivity contribution < 1.29 is 14.2 Å². The normalized spacial score (nSPS) is 32.6. The largest absolute Gasteiger partial charge is 0.486 e. The van der Waals surface area contributed by atoms with Crippen LogP contribution < -0.4 is 9.47 Å². The highest BCUT2D eigenvalue weighted by Gasteiger charge is 2.53. The van der Waals surface area contributed by atoms with Gasteiger partial charge in [0, 0.05) is 5.56 Å². The molecule has 1 aromatic rings. The minimum Gasteiger partial charge on any atom is -0.486 e. The van der Waals surface area contributed by atoms with Crippen molar-refractivity contribution in [2.24, 2.45) is 0 Å². The van der Waals surface area contributed by atoms with Gasteiger partial charge in [-0.05, 0) is 50.7 Å². The Balaban J connectivity index is 1.82. The summed E-state index contributed by atoms with van der Waals surface area (Å²) < 4.78 is 17.4. The van der Waals surface area contributed by atoms with Gasteiger partial charge in [0.25, 0.3) is 0 Å². The maximum absolute atomic E-state index is 9.99. The zero-order valence-electron chi connectivity index (χ0n) is 13.2. The van der Waals surface area contributed by atoms with Crippen molar-refractivity contribution in [2.45, 2.75) is 50.5 Å². The first-order valence-corrected chi connectivity index (χ1v) is 8.05. The standard InChI is InChI=1S/C18H21NO3/c1-12-9-13(2)15-16(21-8-7-20-15)14(12)17(10-19)3-5-18(6-4-17)11-22-18/h9H,3-8,11H2,1-2H3. The molecule has 1 aliphatic carbocycles. The Kier molecular flexibility index (Phi) is 2.93. The molecule has 0 bridgehead atoms. The van der Waals surface area contributed by atoms with Gasteiger partial charge in [0.05, 0.1) is 23.7 Å². The molecule has 0 radical (unpaired) electrons. The molecule has 0 aromatic heterocycles. The minimum atomic E-state index is -0.472. The second-order valence-electron chi connectivity index (χ2n) is 6.91. The quantitative estimate of drug-likeness (QED) is 0.747. The van der Waals surface area contributed by atoms with E-state index < -0.39 is 5.41 Å². The number of aryl methyl sites for hydroxylation is 2. The van der Waals surface area contributed by atoms with Gasteiger partial charge in [-0.1, -0.05) is 6.07 Å². The monoisotopic (exact) mass is 299 g/mol. The molecule has 3 aliphatic rings. The molecule has 116 valence electrons. The first-order chi connectivity index (χ1) is 10.6. The van der Waals surface area contributed by atoms with Gasteiger partial charge in [-0.15, -0.1) is 0 Å². The Labute approximate surface area is 131 Å². The van der Waals surface area contributed by atoms with Gasteiger partial charge in [0.1, 0.15) is 13.2 Å². The lowest BCUT2D eigenvalue weighted by molar-refractivity contribution is 0.160. The average Bonchev–Trinajstić information content (AvgIpc) is 3.29. The summed E-state index contributed by atoms with van der Waals surface area (Å²) >= 11 is 0. The van der Waals surface area contributed by atoms with Gasteiger partial charge in [0.15, 0.2) is 11.5 Å². The highest BCUT2D eigenvalue weighted by Crippen LogP contribution is 2.54. The zero-order chi connectivity index (χ0) is 15.4. The Morgan fingerprint density at radius 3 is 2.23 bits per heavy atom. The Hall–Kier alpha value is -1.73. The molecule has 1 spiro atoms. The molecular weight excluding hydrogens is 278 g/mol. The van der Waals surface area contributed by atoms with Crippen LogP contribution >= 0.6 is 0 Å². The minimum absolute atomic E-state index is 0.0797. The van der Waals surface area contributed by atoms with E-state index in [2.05, 4.69) is 19.1 Å². The van der Waals surface area contributed by atoms with Gasteiger partial charge < -0.3 is 14.2 Å². The number of nitriles is 1. The van der Waals surface area contributed by atoms with E-state index in [1.807, 2.05) is 6.92 Å². The topological polar surface area (TPSA) is 54.8 Å². The maximum Gasteiger partial charge on any atom is 0.166 e. The lowest BCUT2D eigenvalue weighted by Crippen LogP contribution is -2.35. The lowest BCUT2D eigenvalue weighted by atomic mass is 9.66. The molecule has 4 rings (SSSR count). The number of ether oxygens (including phenoxy) is 3. The third kappa shape index (κ3) is 1.92. The first-order valence-electron chi connectivity index (χ1n) is 8.05. The second-order valence-corrected chi connectivity index (χ2v) is 6.91. The number of rotatable bonds is 1. The van der Waals surface area contributed by atoms with E-state index in [9.17, 15) is 5.26 Å². The maximum atomic E-state index is 9.99. The van der Waals surface area contributed by atoms with Crippen LogP contribution in [0.4, 0.5) is 0 Å².